The number of halogens is 1. The lowest BCUT2D eigenvalue weighted by atomic mass is 10.4. The second-order valence-electron chi connectivity index (χ2n) is 1.63. The minimum absolute atomic E-state index is 0.243. The number of allylic oxidation sites excluding steroid dienone is 1. The van der Waals surface area contributed by atoms with Crippen LogP contribution in [0.25, 0.3) is 0 Å². The first-order valence-corrected chi connectivity index (χ1v) is 4.73. The summed E-state index contributed by atoms with van der Waals surface area (Å²) in [4.78, 5) is 10.6. The lowest BCUT2D eigenvalue weighted by Gasteiger charge is -1.92. The van der Waals surface area contributed by atoms with E-state index < -0.39 is 0 Å². The van der Waals surface area contributed by atoms with Crippen molar-refractivity contribution in [3.05, 3.63) is 12.2 Å². The molecule has 0 radical (unpaired) electrons. The fourth-order valence-corrected chi connectivity index (χ4v) is 0.793. The predicted octanol–water partition coefficient (Wildman–Crippen LogP) is 1.93. The smallest absolute Gasteiger partial charge is 0.330 e. The van der Waals surface area contributed by atoms with Gasteiger partial charge in [0, 0.05) is 10.5 Å². The van der Waals surface area contributed by atoms with E-state index in [9.17, 15) is 4.79 Å². The SMILES string of the molecule is CCOC(=O)/C=C/CCI. The average molecular weight is 254 g/mol. The molecule has 58 valence electrons. The Hall–Kier alpha value is -0.0600. The molecule has 0 heterocycles. The lowest BCUT2D eigenvalue weighted by Crippen LogP contribution is -1.98. The molecule has 0 aliphatic heterocycles. The summed E-state index contributed by atoms with van der Waals surface area (Å²) in [7, 11) is 0. The van der Waals surface area contributed by atoms with Gasteiger partial charge in [-0.3, -0.25) is 0 Å². The molecular weight excluding hydrogens is 243 g/mol. The van der Waals surface area contributed by atoms with Crippen molar-refractivity contribution in [1.29, 1.82) is 0 Å². The molecule has 0 spiro atoms. The third-order valence-corrected chi connectivity index (χ3v) is 1.44. The van der Waals surface area contributed by atoms with Crippen molar-refractivity contribution in [1.82, 2.24) is 0 Å². The number of hydrogen-bond donors (Lipinski definition) is 0. The van der Waals surface area contributed by atoms with E-state index in [-0.39, 0.29) is 5.97 Å². The summed E-state index contributed by atoms with van der Waals surface area (Å²) in [6.07, 6.45) is 4.23. The van der Waals surface area contributed by atoms with E-state index in [1.54, 1.807) is 6.92 Å². The largest absolute Gasteiger partial charge is 0.463 e. The Morgan fingerprint density at radius 2 is 2.40 bits per heavy atom. The molecule has 0 rings (SSSR count). The van der Waals surface area contributed by atoms with E-state index in [4.69, 9.17) is 0 Å². The van der Waals surface area contributed by atoms with Crippen LogP contribution in [0.1, 0.15) is 13.3 Å². The number of rotatable bonds is 4. The van der Waals surface area contributed by atoms with Gasteiger partial charge in [0.25, 0.3) is 0 Å². The number of carbonyl (C=O) groups is 1. The van der Waals surface area contributed by atoms with Gasteiger partial charge in [-0.1, -0.05) is 28.7 Å². The summed E-state index contributed by atoms with van der Waals surface area (Å²) in [6.45, 7) is 2.25. The van der Waals surface area contributed by atoms with Gasteiger partial charge >= 0.3 is 5.97 Å². The zero-order valence-electron chi connectivity index (χ0n) is 5.97. The molecule has 0 aliphatic carbocycles. The highest BCUT2D eigenvalue weighted by Gasteiger charge is 1.90. The van der Waals surface area contributed by atoms with Crippen molar-refractivity contribution in [2.75, 3.05) is 11.0 Å². The van der Waals surface area contributed by atoms with Gasteiger partial charge in [0.05, 0.1) is 6.61 Å². The minimum atomic E-state index is -0.243. The van der Waals surface area contributed by atoms with Gasteiger partial charge < -0.3 is 4.74 Å². The van der Waals surface area contributed by atoms with Crippen molar-refractivity contribution in [2.24, 2.45) is 0 Å². The molecule has 0 saturated heterocycles. The highest BCUT2D eigenvalue weighted by atomic mass is 127. The quantitative estimate of drug-likeness (QED) is 0.331. The molecule has 0 unspecified atom stereocenters. The molecule has 0 aliphatic rings. The second kappa shape index (κ2) is 7.05. The molecule has 0 fully saturated rings. The zero-order valence-corrected chi connectivity index (χ0v) is 8.13. The maximum atomic E-state index is 10.6. The minimum Gasteiger partial charge on any atom is -0.463 e. The van der Waals surface area contributed by atoms with Crippen LogP contribution in [0.3, 0.4) is 0 Å². The zero-order chi connectivity index (χ0) is 7.82. The van der Waals surface area contributed by atoms with Gasteiger partial charge in [0.1, 0.15) is 0 Å². The molecule has 0 amide bonds. The number of carbonyl (C=O) groups excluding carboxylic acids is 1. The monoisotopic (exact) mass is 254 g/mol. The fraction of sp³-hybridized carbons (Fsp3) is 0.571. The lowest BCUT2D eigenvalue weighted by molar-refractivity contribution is -0.137. The van der Waals surface area contributed by atoms with E-state index >= 15 is 0 Å². The third kappa shape index (κ3) is 6.07. The summed E-state index contributed by atoms with van der Waals surface area (Å²) < 4.78 is 5.70. The van der Waals surface area contributed by atoms with Crippen LogP contribution in [0.2, 0.25) is 0 Å². The van der Waals surface area contributed by atoms with E-state index in [1.807, 2.05) is 6.08 Å². The molecule has 2 nitrogen and oxygen atoms in total. The topological polar surface area (TPSA) is 26.3 Å². The predicted molar refractivity (Wildman–Crippen MR) is 49.3 cm³/mol. The van der Waals surface area contributed by atoms with Crippen LogP contribution in [-0.4, -0.2) is 17.0 Å². The molecule has 0 saturated carbocycles. The van der Waals surface area contributed by atoms with Gasteiger partial charge in [-0.2, -0.15) is 0 Å². The van der Waals surface area contributed by atoms with Gasteiger partial charge in [-0.15, -0.1) is 0 Å². The van der Waals surface area contributed by atoms with E-state index in [1.165, 1.54) is 6.08 Å². The maximum Gasteiger partial charge on any atom is 0.330 e. The third-order valence-electron chi connectivity index (χ3n) is 0.816. The van der Waals surface area contributed by atoms with Crippen LogP contribution in [-0.2, 0) is 9.53 Å². The Kier molecular flexibility index (Phi) is 7.01. The van der Waals surface area contributed by atoms with Crippen molar-refractivity contribution in [2.45, 2.75) is 13.3 Å². The molecule has 3 heteroatoms. The number of hydrogen-bond acceptors (Lipinski definition) is 2. The van der Waals surface area contributed by atoms with Crippen molar-refractivity contribution in [3.63, 3.8) is 0 Å². The summed E-state index contributed by atoms with van der Waals surface area (Å²) in [5, 5.41) is 0. The molecule has 0 atom stereocenters. The highest BCUT2D eigenvalue weighted by molar-refractivity contribution is 14.1. The molecule has 0 N–H and O–H groups in total. The molecular formula is C7H11IO2. The van der Waals surface area contributed by atoms with Crippen LogP contribution in [0.4, 0.5) is 0 Å². The van der Waals surface area contributed by atoms with Gasteiger partial charge in [-0.05, 0) is 13.3 Å². The Morgan fingerprint density at radius 1 is 1.70 bits per heavy atom. The van der Waals surface area contributed by atoms with Crippen LogP contribution in [0.15, 0.2) is 12.2 Å². The molecule has 0 bridgehead atoms. The van der Waals surface area contributed by atoms with Crippen LogP contribution in [0, 0.1) is 0 Å². The van der Waals surface area contributed by atoms with Gasteiger partial charge in [-0.25, -0.2) is 4.79 Å². The first-order chi connectivity index (χ1) is 4.81. The Bertz CT molecular complexity index is 121. The van der Waals surface area contributed by atoms with Crippen molar-refractivity contribution in [3.8, 4) is 0 Å². The van der Waals surface area contributed by atoms with Crippen LogP contribution < -0.4 is 0 Å². The van der Waals surface area contributed by atoms with Gasteiger partial charge in [0.15, 0.2) is 0 Å². The Balaban J connectivity index is 3.36. The number of alkyl halides is 1. The van der Waals surface area contributed by atoms with E-state index in [0.717, 1.165) is 10.8 Å². The number of esters is 1. The molecule has 0 aromatic carbocycles. The van der Waals surface area contributed by atoms with Crippen LogP contribution >= 0.6 is 22.6 Å². The van der Waals surface area contributed by atoms with Crippen molar-refractivity contribution >= 4 is 28.6 Å². The molecule has 0 aromatic heterocycles. The van der Waals surface area contributed by atoms with Crippen LogP contribution in [0.5, 0.6) is 0 Å². The van der Waals surface area contributed by atoms with E-state index in [0.29, 0.717) is 6.61 Å². The highest BCUT2D eigenvalue weighted by Crippen LogP contribution is 1.90. The number of ether oxygens (including phenoxy) is 1. The average Bonchev–Trinajstić information content (AvgIpc) is 1.89. The summed E-state index contributed by atoms with van der Waals surface area (Å²) in [5.74, 6) is -0.243. The summed E-state index contributed by atoms with van der Waals surface area (Å²) in [5.41, 5.74) is 0. The normalized spacial score (nSPS) is 10.2. The van der Waals surface area contributed by atoms with Gasteiger partial charge in [0.2, 0.25) is 0 Å². The molecule has 10 heavy (non-hydrogen) atoms. The standard InChI is InChI=1S/C7H11IO2/c1-2-10-7(9)5-3-4-6-8/h3,5H,2,4,6H2,1H3/b5-3+. The summed E-state index contributed by atoms with van der Waals surface area (Å²) >= 11 is 2.25. The molecule has 0 aromatic rings. The van der Waals surface area contributed by atoms with Crippen molar-refractivity contribution < 1.29 is 9.53 Å². The summed E-state index contributed by atoms with van der Waals surface area (Å²) in [6, 6.07) is 0. The second-order valence-corrected chi connectivity index (χ2v) is 2.71. The Labute approximate surface area is 74.8 Å². The first kappa shape index (κ1) is 9.94. The van der Waals surface area contributed by atoms with E-state index in [2.05, 4.69) is 27.3 Å². The first-order valence-electron chi connectivity index (χ1n) is 3.20. The fourth-order valence-electron chi connectivity index (χ4n) is 0.433. The Morgan fingerprint density at radius 3 is 2.90 bits per heavy atom. The maximum absolute atomic E-state index is 10.6.